The van der Waals surface area contributed by atoms with E-state index in [0.717, 1.165) is 29.7 Å². The Morgan fingerprint density at radius 1 is 1.05 bits per heavy atom. The van der Waals surface area contributed by atoms with Crippen molar-refractivity contribution in [3.05, 3.63) is 58.9 Å². The molecule has 0 unspecified atom stereocenters. The Kier molecular flexibility index (Phi) is 4.91. The minimum atomic E-state index is -0.132. The number of hydrogen-bond donors (Lipinski definition) is 1. The molecule has 2 heteroatoms. The van der Waals surface area contributed by atoms with Crippen LogP contribution in [0.15, 0.2) is 36.4 Å². The highest BCUT2D eigenvalue weighted by Gasteiger charge is 2.07. The SMILES string of the molecule is CCCNCc1ccc(-c2cc(C)ccc2C)cc1F. The van der Waals surface area contributed by atoms with E-state index in [1.54, 1.807) is 6.07 Å². The average Bonchev–Trinajstić information content (AvgIpc) is 2.43. The first-order valence-electron chi connectivity index (χ1n) is 7.18. The van der Waals surface area contributed by atoms with Crippen LogP contribution in [0.5, 0.6) is 0 Å². The van der Waals surface area contributed by atoms with Gasteiger partial charge in [-0.25, -0.2) is 4.39 Å². The predicted molar refractivity (Wildman–Crippen MR) is 83.3 cm³/mol. The van der Waals surface area contributed by atoms with Crippen LogP contribution in [0.2, 0.25) is 0 Å². The maximum Gasteiger partial charge on any atom is 0.128 e. The summed E-state index contributed by atoms with van der Waals surface area (Å²) >= 11 is 0. The second-order valence-corrected chi connectivity index (χ2v) is 5.30. The fraction of sp³-hybridized carbons (Fsp3) is 0.333. The molecular formula is C18H22FN. The first kappa shape index (κ1) is 14.7. The Bertz CT molecular complexity index is 590. The van der Waals surface area contributed by atoms with Crippen LogP contribution in [0.4, 0.5) is 4.39 Å². The lowest BCUT2D eigenvalue weighted by Crippen LogP contribution is -2.14. The standard InChI is InChI=1S/C18H22FN/c1-4-9-20-12-16-8-7-15(11-18(16)19)17-10-13(2)5-6-14(17)3/h5-8,10-11,20H,4,9,12H2,1-3H3. The molecule has 1 N–H and O–H groups in total. The van der Waals surface area contributed by atoms with Gasteiger partial charge in [-0.05, 0) is 49.6 Å². The van der Waals surface area contributed by atoms with E-state index in [-0.39, 0.29) is 5.82 Å². The summed E-state index contributed by atoms with van der Waals surface area (Å²) in [5.74, 6) is -0.132. The van der Waals surface area contributed by atoms with Crippen molar-refractivity contribution in [2.24, 2.45) is 0 Å². The Balaban J connectivity index is 2.26. The molecule has 0 saturated carbocycles. The van der Waals surface area contributed by atoms with Crippen molar-refractivity contribution in [1.29, 1.82) is 0 Å². The second-order valence-electron chi connectivity index (χ2n) is 5.30. The molecule has 2 rings (SSSR count). The van der Waals surface area contributed by atoms with E-state index >= 15 is 0 Å². The molecule has 0 heterocycles. The van der Waals surface area contributed by atoms with Crippen LogP contribution < -0.4 is 5.32 Å². The van der Waals surface area contributed by atoms with Crippen molar-refractivity contribution in [3.8, 4) is 11.1 Å². The summed E-state index contributed by atoms with van der Waals surface area (Å²) in [7, 11) is 0. The van der Waals surface area contributed by atoms with Gasteiger partial charge >= 0.3 is 0 Å². The zero-order valence-corrected chi connectivity index (χ0v) is 12.5. The van der Waals surface area contributed by atoms with Crippen LogP contribution in [0.1, 0.15) is 30.0 Å². The highest BCUT2D eigenvalue weighted by atomic mass is 19.1. The van der Waals surface area contributed by atoms with Crippen molar-refractivity contribution in [1.82, 2.24) is 5.32 Å². The van der Waals surface area contributed by atoms with Gasteiger partial charge in [-0.1, -0.05) is 42.8 Å². The maximum atomic E-state index is 14.2. The summed E-state index contributed by atoms with van der Waals surface area (Å²) in [4.78, 5) is 0. The summed E-state index contributed by atoms with van der Waals surface area (Å²) in [6.45, 7) is 7.73. The van der Waals surface area contributed by atoms with E-state index in [1.165, 1.54) is 11.1 Å². The van der Waals surface area contributed by atoms with Gasteiger partial charge in [-0.15, -0.1) is 0 Å². The van der Waals surface area contributed by atoms with E-state index in [9.17, 15) is 4.39 Å². The lowest BCUT2D eigenvalue weighted by molar-refractivity contribution is 0.587. The number of rotatable bonds is 5. The van der Waals surface area contributed by atoms with Crippen molar-refractivity contribution in [2.75, 3.05) is 6.54 Å². The highest BCUT2D eigenvalue weighted by molar-refractivity contribution is 5.68. The summed E-state index contributed by atoms with van der Waals surface area (Å²) in [5.41, 5.74) is 5.15. The zero-order valence-electron chi connectivity index (χ0n) is 12.5. The van der Waals surface area contributed by atoms with E-state index in [2.05, 4.69) is 44.3 Å². The Morgan fingerprint density at radius 3 is 2.55 bits per heavy atom. The summed E-state index contributed by atoms with van der Waals surface area (Å²) < 4.78 is 14.2. The number of benzene rings is 2. The van der Waals surface area contributed by atoms with E-state index < -0.39 is 0 Å². The molecule has 1 nitrogen and oxygen atoms in total. The molecule has 0 aliphatic carbocycles. The molecule has 0 aromatic heterocycles. The maximum absolute atomic E-state index is 14.2. The first-order chi connectivity index (χ1) is 9.61. The van der Waals surface area contributed by atoms with Crippen molar-refractivity contribution in [3.63, 3.8) is 0 Å². The van der Waals surface area contributed by atoms with Gasteiger partial charge in [0.05, 0.1) is 0 Å². The fourth-order valence-electron chi connectivity index (χ4n) is 2.30. The van der Waals surface area contributed by atoms with Crippen LogP contribution in [0, 0.1) is 19.7 Å². The lowest BCUT2D eigenvalue weighted by atomic mass is 9.97. The van der Waals surface area contributed by atoms with Gasteiger partial charge < -0.3 is 5.32 Å². The topological polar surface area (TPSA) is 12.0 Å². The largest absolute Gasteiger partial charge is 0.313 e. The minimum Gasteiger partial charge on any atom is -0.313 e. The van der Waals surface area contributed by atoms with Gasteiger partial charge in [-0.2, -0.15) is 0 Å². The van der Waals surface area contributed by atoms with Gasteiger partial charge in [0, 0.05) is 12.1 Å². The van der Waals surface area contributed by atoms with Crippen molar-refractivity contribution < 1.29 is 4.39 Å². The van der Waals surface area contributed by atoms with Gasteiger partial charge in [-0.3, -0.25) is 0 Å². The van der Waals surface area contributed by atoms with Gasteiger partial charge in [0.2, 0.25) is 0 Å². The molecule has 0 aliphatic rings. The molecule has 2 aromatic carbocycles. The van der Waals surface area contributed by atoms with Gasteiger partial charge in [0.15, 0.2) is 0 Å². The number of aryl methyl sites for hydroxylation is 2. The van der Waals surface area contributed by atoms with Gasteiger partial charge in [0.1, 0.15) is 5.82 Å². The van der Waals surface area contributed by atoms with Crippen LogP contribution >= 0.6 is 0 Å². The van der Waals surface area contributed by atoms with E-state index in [4.69, 9.17) is 0 Å². The lowest BCUT2D eigenvalue weighted by Gasteiger charge is -2.10. The van der Waals surface area contributed by atoms with Crippen LogP contribution in [0.3, 0.4) is 0 Å². The Hall–Kier alpha value is -1.67. The summed E-state index contributed by atoms with van der Waals surface area (Å²) in [6, 6.07) is 11.8. The molecule has 0 radical (unpaired) electrons. The molecule has 0 aliphatic heterocycles. The van der Waals surface area contributed by atoms with Gasteiger partial charge in [0.25, 0.3) is 0 Å². The Labute approximate surface area is 120 Å². The Morgan fingerprint density at radius 2 is 1.85 bits per heavy atom. The molecule has 20 heavy (non-hydrogen) atoms. The predicted octanol–water partition coefficient (Wildman–Crippen LogP) is 4.61. The molecule has 0 saturated heterocycles. The third-order valence-electron chi connectivity index (χ3n) is 3.50. The van der Waals surface area contributed by atoms with Crippen molar-refractivity contribution >= 4 is 0 Å². The van der Waals surface area contributed by atoms with E-state index in [0.29, 0.717) is 6.54 Å². The summed E-state index contributed by atoms with van der Waals surface area (Å²) in [6.07, 6.45) is 1.06. The molecule has 0 atom stereocenters. The monoisotopic (exact) mass is 271 g/mol. The molecule has 0 fully saturated rings. The quantitative estimate of drug-likeness (QED) is 0.783. The molecule has 106 valence electrons. The molecule has 2 aromatic rings. The molecular weight excluding hydrogens is 249 g/mol. The smallest absolute Gasteiger partial charge is 0.128 e. The second kappa shape index (κ2) is 6.67. The van der Waals surface area contributed by atoms with Crippen molar-refractivity contribution in [2.45, 2.75) is 33.7 Å². The third kappa shape index (κ3) is 3.45. The number of hydrogen-bond acceptors (Lipinski definition) is 1. The van der Waals surface area contributed by atoms with E-state index in [1.807, 2.05) is 12.1 Å². The molecule has 0 spiro atoms. The fourth-order valence-corrected chi connectivity index (χ4v) is 2.30. The number of nitrogens with one attached hydrogen (secondary N) is 1. The van der Waals surface area contributed by atoms with Crippen LogP contribution in [0.25, 0.3) is 11.1 Å². The number of halogens is 1. The zero-order chi connectivity index (χ0) is 14.5. The highest BCUT2D eigenvalue weighted by Crippen LogP contribution is 2.26. The third-order valence-corrected chi connectivity index (χ3v) is 3.50. The normalized spacial score (nSPS) is 10.8. The van der Waals surface area contributed by atoms with Crippen LogP contribution in [-0.2, 0) is 6.54 Å². The first-order valence-corrected chi connectivity index (χ1v) is 7.18. The summed E-state index contributed by atoms with van der Waals surface area (Å²) in [5, 5.41) is 3.23. The average molecular weight is 271 g/mol. The minimum absolute atomic E-state index is 0.132. The molecule has 0 amide bonds. The molecule has 0 bridgehead atoms. The van der Waals surface area contributed by atoms with Crippen LogP contribution in [-0.4, -0.2) is 6.54 Å².